The van der Waals surface area contributed by atoms with Crippen LogP contribution in [0.3, 0.4) is 0 Å². The number of nitrogens with two attached hydrogens (primary N) is 1. The molecule has 1 fully saturated rings. The van der Waals surface area contributed by atoms with E-state index in [1.54, 1.807) is 0 Å². The molecule has 0 aromatic heterocycles. The molecule has 14 heavy (non-hydrogen) atoms. The molecule has 0 bridgehead atoms. The molecule has 2 atom stereocenters. The summed E-state index contributed by atoms with van der Waals surface area (Å²) >= 11 is 0. The van der Waals surface area contributed by atoms with Gasteiger partial charge in [-0.3, -0.25) is 4.90 Å². The van der Waals surface area contributed by atoms with Crippen LogP contribution < -0.4 is 5.73 Å². The van der Waals surface area contributed by atoms with Crippen molar-refractivity contribution in [1.82, 2.24) is 4.90 Å². The number of hydrogen-bond acceptors (Lipinski definition) is 3. The van der Waals surface area contributed by atoms with Gasteiger partial charge in [0.2, 0.25) is 0 Å². The van der Waals surface area contributed by atoms with Gasteiger partial charge in [0.25, 0.3) is 0 Å². The summed E-state index contributed by atoms with van der Waals surface area (Å²) in [6.07, 6.45) is 3.01. The van der Waals surface area contributed by atoms with Crippen molar-refractivity contribution < 1.29 is 4.74 Å². The van der Waals surface area contributed by atoms with Gasteiger partial charge in [0.15, 0.2) is 0 Å². The number of rotatable bonds is 4. The molecule has 2 unspecified atom stereocenters. The highest BCUT2D eigenvalue weighted by molar-refractivity contribution is 4.80. The van der Waals surface area contributed by atoms with E-state index in [4.69, 9.17) is 10.5 Å². The average Bonchev–Trinajstić information content (AvgIpc) is 2.19. The standard InChI is InChI=1S/C11H24N2O/c1-4-10(5-2)13-7-9(3)14-11(6-12)8-13/h9-11H,4-8,12H2,1-3H3. The summed E-state index contributed by atoms with van der Waals surface area (Å²) in [5.41, 5.74) is 5.66. The zero-order valence-corrected chi connectivity index (χ0v) is 9.70. The smallest absolute Gasteiger partial charge is 0.0828 e. The van der Waals surface area contributed by atoms with Crippen LogP contribution in [-0.4, -0.2) is 42.8 Å². The first-order valence-electron chi connectivity index (χ1n) is 5.80. The van der Waals surface area contributed by atoms with E-state index in [0.29, 0.717) is 18.7 Å². The van der Waals surface area contributed by atoms with Crippen LogP contribution in [0.2, 0.25) is 0 Å². The Bertz CT molecular complexity index is 159. The SMILES string of the molecule is CCC(CC)N1CC(C)OC(CN)C1. The second-order valence-corrected chi connectivity index (χ2v) is 4.23. The predicted molar refractivity (Wildman–Crippen MR) is 59.3 cm³/mol. The maximum absolute atomic E-state index is 5.74. The lowest BCUT2D eigenvalue weighted by atomic mass is 10.1. The Hall–Kier alpha value is -0.120. The maximum Gasteiger partial charge on any atom is 0.0828 e. The van der Waals surface area contributed by atoms with Crippen LogP contribution in [-0.2, 0) is 4.74 Å². The summed E-state index contributed by atoms with van der Waals surface area (Å²) in [4.78, 5) is 2.53. The molecule has 0 aromatic carbocycles. The summed E-state index contributed by atoms with van der Waals surface area (Å²) in [6.45, 7) is 9.35. The molecule has 0 radical (unpaired) electrons. The lowest BCUT2D eigenvalue weighted by Crippen LogP contribution is -2.52. The summed E-state index contributed by atoms with van der Waals surface area (Å²) < 4.78 is 5.74. The van der Waals surface area contributed by atoms with Crippen molar-refractivity contribution in [1.29, 1.82) is 0 Å². The average molecular weight is 200 g/mol. The van der Waals surface area contributed by atoms with Gasteiger partial charge in [-0.2, -0.15) is 0 Å². The first-order valence-corrected chi connectivity index (χ1v) is 5.80. The molecule has 3 nitrogen and oxygen atoms in total. The number of ether oxygens (including phenoxy) is 1. The second kappa shape index (κ2) is 5.69. The van der Waals surface area contributed by atoms with E-state index in [2.05, 4.69) is 25.7 Å². The number of hydrogen-bond donors (Lipinski definition) is 1. The molecule has 1 rings (SSSR count). The van der Waals surface area contributed by atoms with Crippen LogP contribution in [0, 0.1) is 0 Å². The molecule has 1 aliphatic rings. The fourth-order valence-corrected chi connectivity index (χ4v) is 2.31. The monoisotopic (exact) mass is 200 g/mol. The third-order valence-corrected chi connectivity index (χ3v) is 3.08. The highest BCUT2D eigenvalue weighted by Gasteiger charge is 2.27. The zero-order valence-electron chi connectivity index (χ0n) is 9.70. The van der Waals surface area contributed by atoms with Crippen LogP contribution >= 0.6 is 0 Å². The van der Waals surface area contributed by atoms with E-state index in [0.717, 1.165) is 13.1 Å². The minimum absolute atomic E-state index is 0.236. The van der Waals surface area contributed by atoms with Crippen molar-refractivity contribution in [3.05, 3.63) is 0 Å². The largest absolute Gasteiger partial charge is 0.371 e. The molecule has 0 aliphatic carbocycles. The Balaban J connectivity index is 2.51. The van der Waals surface area contributed by atoms with Gasteiger partial charge in [0, 0.05) is 25.7 Å². The summed E-state index contributed by atoms with van der Waals surface area (Å²) in [6, 6.07) is 0.704. The number of morpholine rings is 1. The van der Waals surface area contributed by atoms with Crippen molar-refractivity contribution in [3.63, 3.8) is 0 Å². The molecule has 0 aromatic rings. The Morgan fingerprint density at radius 3 is 2.50 bits per heavy atom. The topological polar surface area (TPSA) is 38.5 Å². The van der Waals surface area contributed by atoms with Crippen LogP contribution in [0.25, 0.3) is 0 Å². The van der Waals surface area contributed by atoms with Crippen LogP contribution in [0.4, 0.5) is 0 Å². The normalized spacial score (nSPS) is 29.8. The van der Waals surface area contributed by atoms with E-state index in [-0.39, 0.29) is 6.10 Å². The molecule has 1 heterocycles. The summed E-state index contributed by atoms with van der Waals surface area (Å²) in [5.74, 6) is 0. The van der Waals surface area contributed by atoms with E-state index in [9.17, 15) is 0 Å². The molecule has 3 heteroatoms. The van der Waals surface area contributed by atoms with Gasteiger partial charge in [-0.15, -0.1) is 0 Å². The molecule has 0 amide bonds. The lowest BCUT2D eigenvalue weighted by molar-refractivity contribution is -0.0847. The van der Waals surface area contributed by atoms with Gasteiger partial charge in [-0.1, -0.05) is 13.8 Å². The lowest BCUT2D eigenvalue weighted by Gasteiger charge is -2.40. The van der Waals surface area contributed by atoms with Gasteiger partial charge in [-0.25, -0.2) is 0 Å². The van der Waals surface area contributed by atoms with Gasteiger partial charge in [0.1, 0.15) is 0 Å². The van der Waals surface area contributed by atoms with Crippen molar-refractivity contribution >= 4 is 0 Å². The molecule has 2 N–H and O–H groups in total. The third kappa shape index (κ3) is 2.94. The highest BCUT2D eigenvalue weighted by Crippen LogP contribution is 2.16. The fourth-order valence-electron chi connectivity index (χ4n) is 2.31. The second-order valence-electron chi connectivity index (χ2n) is 4.23. The molecule has 0 saturated carbocycles. The van der Waals surface area contributed by atoms with Crippen LogP contribution in [0.5, 0.6) is 0 Å². The maximum atomic E-state index is 5.74. The van der Waals surface area contributed by atoms with Gasteiger partial charge < -0.3 is 10.5 Å². The molecule has 1 aliphatic heterocycles. The fraction of sp³-hybridized carbons (Fsp3) is 1.00. The van der Waals surface area contributed by atoms with Crippen molar-refractivity contribution in [2.75, 3.05) is 19.6 Å². The van der Waals surface area contributed by atoms with Crippen molar-refractivity contribution in [2.24, 2.45) is 5.73 Å². The van der Waals surface area contributed by atoms with Crippen LogP contribution in [0.15, 0.2) is 0 Å². The molecular weight excluding hydrogens is 176 g/mol. The van der Waals surface area contributed by atoms with E-state index in [1.807, 2.05) is 0 Å². The molecule has 1 saturated heterocycles. The quantitative estimate of drug-likeness (QED) is 0.741. The molecular formula is C11H24N2O. The van der Waals surface area contributed by atoms with Crippen molar-refractivity contribution in [3.8, 4) is 0 Å². The van der Waals surface area contributed by atoms with Crippen molar-refractivity contribution in [2.45, 2.75) is 51.9 Å². The van der Waals surface area contributed by atoms with E-state index < -0.39 is 0 Å². The minimum Gasteiger partial charge on any atom is -0.371 e. The van der Waals surface area contributed by atoms with Crippen LogP contribution in [0.1, 0.15) is 33.6 Å². The first kappa shape index (κ1) is 12.0. The van der Waals surface area contributed by atoms with Gasteiger partial charge in [-0.05, 0) is 19.8 Å². The van der Waals surface area contributed by atoms with E-state index in [1.165, 1.54) is 12.8 Å². The first-order chi connectivity index (χ1) is 6.71. The Kier molecular flexibility index (Phi) is 4.85. The Morgan fingerprint density at radius 2 is 2.00 bits per heavy atom. The summed E-state index contributed by atoms with van der Waals surface area (Å²) in [5, 5.41) is 0. The predicted octanol–water partition coefficient (Wildman–Crippen LogP) is 1.22. The summed E-state index contributed by atoms with van der Waals surface area (Å²) in [7, 11) is 0. The Morgan fingerprint density at radius 1 is 1.36 bits per heavy atom. The van der Waals surface area contributed by atoms with Gasteiger partial charge in [0.05, 0.1) is 12.2 Å². The van der Waals surface area contributed by atoms with E-state index >= 15 is 0 Å². The number of nitrogens with zero attached hydrogens (tertiary/aromatic N) is 1. The highest BCUT2D eigenvalue weighted by atomic mass is 16.5. The zero-order chi connectivity index (χ0) is 10.6. The Labute approximate surface area is 87.6 Å². The molecule has 84 valence electrons. The molecule has 0 spiro atoms. The minimum atomic E-state index is 0.236. The third-order valence-electron chi connectivity index (χ3n) is 3.08. The van der Waals surface area contributed by atoms with Gasteiger partial charge >= 0.3 is 0 Å².